The van der Waals surface area contributed by atoms with Gasteiger partial charge in [-0.2, -0.15) is 4.98 Å². The number of rotatable bonds is 11. The van der Waals surface area contributed by atoms with E-state index in [1.54, 1.807) is 27.0 Å². The molecule has 43 heavy (non-hydrogen) atoms. The Kier molecular flexibility index (Phi) is 9.04. The SMILES string of the molecule is COc1cc(N(C)CCN(C)C)c([N+](=O)[O-])cc1Nc1ncc(C(=O)OC(C)C)c(N2CC(C)(C)c3nc(C)ccc32)n1. The lowest BCUT2D eigenvalue weighted by molar-refractivity contribution is -0.384. The highest BCUT2D eigenvalue weighted by atomic mass is 16.6. The number of ether oxygens (including phenoxy) is 2. The first kappa shape index (κ1) is 31.4. The van der Waals surface area contributed by atoms with Gasteiger partial charge >= 0.3 is 5.97 Å². The van der Waals surface area contributed by atoms with Gasteiger partial charge in [-0.3, -0.25) is 15.1 Å². The van der Waals surface area contributed by atoms with Crippen molar-refractivity contribution in [2.24, 2.45) is 0 Å². The summed E-state index contributed by atoms with van der Waals surface area (Å²) >= 11 is 0. The Morgan fingerprint density at radius 3 is 2.53 bits per heavy atom. The van der Waals surface area contributed by atoms with E-state index in [1.165, 1.54) is 19.4 Å². The number of methoxy groups -OCH3 is 1. The van der Waals surface area contributed by atoms with Gasteiger partial charge in [0, 0.05) is 56.1 Å². The number of aryl methyl sites for hydroxylation is 1. The minimum absolute atomic E-state index is 0.0985. The number of esters is 1. The Labute approximate surface area is 252 Å². The summed E-state index contributed by atoms with van der Waals surface area (Å²) in [5.41, 5.74) is 3.12. The van der Waals surface area contributed by atoms with Crippen molar-refractivity contribution in [1.82, 2.24) is 19.9 Å². The van der Waals surface area contributed by atoms with E-state index in [0.717, 1.165) is 17.1 Å². The number of benzene rings is 1. The van der Waals surface area contributed by atoms with Gasteiger partial charge in [0.15, 0.2) is 5.82 Å². The predicted molar refractivity (Wildman–Crippen MR) is 166 cm³/mol. The minimum atomic E-state index is -0.554. The van der Waals surface area contributed by atoms with Crippen LogP contribution in [0.5, 0.6) is 5.75 Å². The van der Waals surface area contributed by atoms with E-state index in [1.807, 2.05) is 47.9 Å². The summed E-state index contributed by atoms with van der Waals surface area (Å²) in [5.74, 6) is 0.289. The fourth-order valence-electron chi connectivity index (χ4n) is 4.94. The number of nitrogens with zero attached hydrogens (tertiary/aromatic N) is 7. The zero-order valence-electron chi connectivity index (χ0n) is 26.3. The molecule has 3 aromatic rings. The number of hydrogen-bond donors (Lipinski definition) is 1. The summed E-state index contributed by atoms with van der Waals surface area (Å²) in [6.45, 7) is 11.5. The maximum absolute atomic E-state index is 13.2. The van der Waals surface area contributed by atoms with Gasteiger partial charge in [0.25, 0.3) is 5.69 Å². The maximum Gasteiger partial charge on any atom is 0.343 e. The molecule has 1 N–H and O–H groups in total. The van der Waals surface area contributed by atoms with Crippen LogP contribution < -0.4 is 19.9 Å². The van der Waals surface area contributed by atoms with Crippen LogP contribution in [0, 0.1) is 17.0 Å². The highest BCUT2D eigenvalue weighted by Gasteiger charge is 2.40. The van der Waals surface area contributed by atoms with Gasteiger partial charge in [-0.15, -0.1) is 0 Å². The van der Waals surface area contributed by atoms with Crippen molar-refractivity contribution in [2.45, 2.75) is 46.1 Å². The summed E-state index contributed by atoms with van der Waals surface area (Å²) in [6.07, 6.45) is 1.07. The summed E-state index contributed by atoms with van der Waals surface area (Å²) in [5, 5.41) is 15.2. The number of carbonyl (C=O) groups is 1. The van der Waals surface area contributed by atoms with Gasteiger partial charge in [0.2, 0.25) is 5.95 Å². The molecule has 230 valence electrons. The first-order valence-corrected chi connectivity index (χ1v) is 14.0. The van der Waals surface area contributed by atoms with Crippen LogP contribution >= 0.6 is 0 Å². The van der Waals surface area contributed by atoms with E-state index < -0.39 is 10.9 Å². The highest BCUT2D eigenvalue weighted by molar-refractivity contribution is 5.96. The monoisotopic (exact) mass is 592 g/mol. The molecule has 1 aliphatic rings. The van der Waals surface area contributed by atoms with Crippen molar-refractivity contribution in [2.75, 3.05) is 63.0 Å². The van der Waals surface area contributed by atoms with Crippen LogP contribution in [0.25, 0.3) is 0 Å². The molecule has 0 radical (unpaired) electrons. The average Bonchev–Trinajstić information content (AvgIpc) is 3.20. The second kappa shape index (κ2) is 12.4. The molecule has 0 amide bonds. The molecule has 1 aromatic carbocycles. The van der Waals surface area contributed by atoms with Gasteiger partial charge in [0.05, 0.1) is 35.2 Å². The lowest BCUT2D eigenvalue weighted by Crippen LogP contribution is -2.29. The maximum atomic E-state index is 13.2. The molecule has 0 saturated carbocycles. The number of nitrogens with one attached hydrogen (secondary N) is 1. The Hall–Kier alpha value is -4.52. The van der Waals surface area contributed by atoms with Crippen LogP contribution in [-0.4, -0.2) is 84.7 Å². The van der Waals surface area contributed by atoms with Crippen molar-refractivity contribution in [3.05, 3.63) is 57.5 Å². The van der Waals surface area contributed by atoms with E-state index in [9.17, 15) is 14.9 Å². The normalized spacial score (nSPS) is 13.7. The third kappa shape index (κ3) is 6.77. The van der Waals surface area contributed by atoms with E-state index in [0.29, 0.717) is 42.6 Å². The Morgan fingerprint density at radius 1 is 1.19 bits per heavy atom. The summed E-state index contributed by atoms with van der Waals surface area (Å²) < 4.78 is 11.1. The number of aromatic nitrogens is 3. The number of nitro groups is 1. The summed E-state index contributed by atoms with van der Waals surface area (Å²) in [7, 11) is 7.17. The van der Waals surface area contributed by atoms with Crippen molar-refractivity contribution >= 4 is 40.5 Å². The number of carbonyl (C=O) groups excluding carboxylic acids is 1. The van der Waals surface area contributed by atoms with Crippen LogP contribution in [-0.2, 0) is 10.2 Å². The fraction of sp³-hybridized carbons (Fsp3) is 0.467. The number of likely N-dealkylation sites (N-methyl/N-ethyl adjacent to an activating group) is 2. The van der Waals surface area contributed by atoms with Gasteiger partial charge < -0.3 is 29.5 Å². The largest absolute Gasteiger partial charge is 0.494 e. The van der Waals surface area contributed by atoms with Crippen LogP contribution in [0.4, 0.5) is 34.5 Å². The molecule has 0 fully saturated rings. The summed E-state index contributed by atoms with van der Waals surface area (Å²) in [4.78, 5) is 44.5. The lowest BCUT2D eigenvalue weighted by Gasteiger charge is -2.24. The van der Waals surface area contributed by atoms with Crippen LogP contribution in [0.1, 0.15) is 49.4 Å². The molecule has 13 nitrogen and oxygen atoms in total. The second-order valence-corrected chi connectivity index (χ2v) is 11.8. The second-order valence-electron chi connectivity index (χ2n) is 11.8. The molecule has 0 unspecified atom stereocenters. The number of anilines is 5. The zero-order chi connectivity index (χ0) is 31.6. The molecule has 1 aliphatic heterocycles. The molecule has 13 heteroatoms. The standard InChI is InChI=1S/C30H40N8O5/c1-18(2)43-28(39)20-16-31-29(34-27(20)37-17-30(4,5)26-22(37)11-10-19(3)32-26)33-21-14-24(38(40)41)23(15-25(21)42-9)36(8)13-12-35(6)7/h10-11,14-16,18H,12-13,17H2,1-9H3,(H,31,33,34). The molecule has 0 aliphatic carbocycles. The van der Waals surface area contributed by atoms with Gasteiger partial charge in [-0.05, 0) is 47.0 Å². The van der Waals surface area contributed by atoms with E-state index in [4.69, 9.17) is 19.4 Å². The van der Waals surface area contributed by atoms with Gasteiger partial charge in [-0.1, -0.05) is 13.8 Å². The molecule has 0 saturated heterocycles. The quantitative estimate of drug-likeness (QED) is 0.185. The van der Waals surface area contributed by atoms with Crippen LogP contribution in [0.15, 0.2) is 30.5 Å². The summed E-state index contributed by atoms with van der Waals surface area (Å²) in [6, 6.07) is 6.92. The van der Waals surface area contributed by atoms with Crippen molar-refractivity contribution in [3.8, 4) is 5.75 Å². The number of hydrogen-bond acceptors (Lipinski definition) is 12. The molecule has 2 aromatic heterocycles. The van der Waals surface area contributed by atoms with Gasteiger partial charge in [0.1, 0.15) is 17.0 Å². The Morgan fingerprint density at radius 2 is 1.91 bits per heavy atom. The van der Waals surface area contributed by atoms with Crippen molar-refractivity contribution in [3.63, 3.8) is 0 Å². The fourth-order valence-corrected chi connectivity index (χ4v) is 4.94. The van der Waals surface area contributed by atoms with Crippen molar-refractivity contribution < 1.29 is 19.2 Å². The smallest absolute Gasteiger partial charge is 0.343 e. The number of fused-ring (bicyclic) bond motifs is 1. The van der Waals surface area contributed by atoms with Gasteiger partial charge in [-0.25, -0.2) is 9.78 Å². The number of nitro benzene ring substituents is 1. The number of pyridine rings is 1. The van der Waals surface area contributed by atoms with Crippen LogP contribution in [0.3, 0.4) is 0 Å². The molecular weight excluding hydrogens is 552 g/mol. The minimum Gasteiger partial charge on any atom is -0.494 e. The van der Waals surface area contributed by atoms with E-state index in [-0.39, 0.29) is 28.7 Å². The Balaban J connectivity index is 1.79. The van der Waals surface area contributed by atoms with E-state index >= 15 is 0 Å². The Bertz CT molecular complexity index is 1520. The molecule has 3 heterocycles. The average molecular weight is 593 g/mol. The zero-order valence-corrected chi connectivity index (χ0v) is 26.3. The molecular formula is C30H40N8O5. The first-order valence-electron chi connectivity index (χ1n) is 14.0. The molecule has 0 atom stereocenters. The third-order valence-electron chi connectivity index (χ3n) is 7.12. The van der Waals surface area contributed by atoms with Crippen molar-refractivity contribution in [1.29, 1.82) is 0 Å². The topological polar surface area (TPSA) is 139 Å². The molecule has 0 spiro atoms. The van der Waals surface area contributed by atoms with E-state index in [2.05, 4.69) is 24.1 Å². The lowest BCUT2D eigenvalue weighted by atomic mass is 9.91. The molecule has 0 bridgehead atoms. The first-order chi connectivity index (χ1) is 20.2. The molecule has 4 rings (SSSR count). The highest BCUT2D eigenvalue weighted by Crippen LogP contribution is 2.44. The third-order valence-corrected chi connectivity index (χ3v) is 7.12. The predicted octanol–water partition coefficient (Wildman–Crippen LogP) is 4.83. The van der Waals surface area contributed by atoms with Crippen LogP contribution in [0.2, 0.25) is 0 Å².